The molecule has 0 saturated carbocycles. The molecule has 0 aromatic heterocycles. The lowest BCUT2D eigenvalue weighted by Crippen LogP contribution is -2.12. The highest BCUT2D eigenvalue weighted by molar-refractivity contribution is 8.19. The molecule has 0 radical (unpaired) electrons. The fourth-order valence-corrected chi connectivity index (χ4v) is 5.14. The number of rotatable bonds is 3. The van der Waals surface area contributed by atoms with Gasteiger partial charge in [-0.2, -0.15) is 0 Å². The summed E-state index contributed by atoms with van der Waals surface area (Å²) in [5, 5.41) is 3.38. The summed E-state index contributed by atoms with van der Waals surface area (Å²) in [6.45, 7) is 0. The van der Waals surface area contributed by atoms with Gasteiger partial charge in [-0.15, -0.1) is 23.5 Å². The van der Waals surface area contributed by atoms with Crippen molar-refractivity contribution in [1.82, 2.24) is 0 Å². The van der Waals surface area contributed by atoms with Crippen LogP contribution in [0.5, 0.6) is 0 Å². The molecule has 5 heteroatoms. The quantitative estimate of drug-likeness (QED) is 0.849. The van der Waals surface area contributed by atoms with Gasteiger partial charge in [0, 0.05) is 17.1 Å². The van der Waals surface area contributed by atoms with E-state index in [0.717, 1.165) is 0 Å². The number of anilines is 1. The van der Waals surface area contributed by atoms with E-state index in [0.29, 0.717) is 20.9 Å². The van der Waals surface area contributed by atoms with E-state index in [2.05, 4.69) is 5.32 Å². The molecule has 2 aromatic rings. The van der Waals surface area contributed by atoms with Gasteiger partial charge in [-0.25, -0.2) is 0 Å². The van der Waals surface area contributed by atoms with Gasteiger partial charge in [0.1, 0.15) is 0 Å². The summed E-state index contributed by atoms with van der Waals surface area (Å²) in [5.41, 5.74) is 2.55. The summed E-state index contributed by atoms with van der Waals surface area (Å²) in [7, 11) is 0. The van der Waals surface area contributed by atoms with E-state index in [1.165, 1.54) is 17.1 Å². The predicted molar refractivity (Wildman–Crippen MR) is 93.5 cm³/mol. The molecule has 3 rings (SSSR count). The first-order valence-corrected chi connectivity index (χ1v) is 9.10. The number of hydrogen-bond donors (Lipinski definition) is 1. The molecule has 2 aromatic carbocycles. The Balaban J connectivity index is 1.71. The third-order valence-corrected chi connectivity index (χ3v) is 6.62. The number of para-hydroxylation sites is 1. The van der Waals surface area contributed by atoms with Crippen molar-refractivity contribution in [2.24, 2.45) is 0 Å². The molecule has 21 heavy (non-hydrogen) atoms. The van der Waals surface area contributed by atoms with E-state index in [-0.39, 0.29) is 5.91 Å². The van der Waals surface area contributed by atoms with E-state index < -0.39 is 0 Å². The highest BCUT2D eigenvalue weighted by Gasteiger charge is 2.18. The Bertz CT molecular complexity index is 639. The maximum atomic E-state index is 12.2. The smallest absolute Gasteiger partial charge is 0.255 e. The molecule has 0 aliphatic carbocycles. The lowest BCUT2D eigenvalue weighted by Gasteiger charge is -2.10. The molecule has 1 fully saturated rings. The van der Waals surface area contributed by atoms with Crippen molar-refractivity contribution in [1.29, 1.82) is 0 Å². The van der Waals surface area contributed by atoms with Gasteiger partial charge in [0.25, 0.3) is 5.91 Å². The second-order valence-electron chi connectivity index (χ2n) is 4.63. The Kier molecular flexibility index (Phi) is 4.78. The molecule has 1 amide bonds. The number of benzene rings is 2. The second kappa shape index (κ2) is 6.77. The number of thioether (sulfide) groups is 2. The van der Waals surface area contributed by atoms with Gasteiger partial charge in [-0.05, 0) is 29.8 Å². The first-order valence-electron chi connectivity index (χ1n) is 6.63. The molecule has 1 saturated heterocycles. The lowest BCUT2D eigenvalue weighted by atomic mass is 10.1. The summed E-state index contributed by atoms with van der Waals surface area (Å²) in [5.74, 6) is 2.26. The minimum absolute atomic E-state index is 0.138. The van der Waals surface area contributed by atoms with E-state index >= 15 is 0 Å². The Hall–Kier alpha value is -1.10. The first kappa shape index (κ1) is 14.8. The second-order valence-corrected chi connectivity index (χ2v) is 7.76. The largest absolute Gasteiger partial charge is 0.321 e. The van der Waals surface area contributed by atoms with Crippen LogP contribution >= 0.6 is 35.1 Å². The van der Waals surface area contributed by atoms with Crippen LogP contribution in [-0.4, -0.2) is 17.4 Å². The van der Waals surface area contributed by atoms with Crippen molar-refractivity contribution in [3.8, 4) is 0 Å². The van der Waals surface area contributed by atoms with E-state index in [4.69, 9.17) is 11.6 Å². The van der Waals surface area contributed by atoms with Gasteiger partial charge in [-0.1, -0.05) is 35.9 Å². The summed E-state index contributed by atoms with van der Waals surface area (Å²) < 4.78 is 0.505. The molecule has 1 aliphatic heterocycles. The minimum atomic E-state index is -0.138. The van der Waals surface area contributed by atoms with Gasteiger partial charge in [0.15, 0.2) is 0 Å². The Labute approximate surface area is 137 Å². The Morgan fingerprint density at radius 3 is 2.38 bits per heavy atom. The number of carbonyl (C=O) groups excluding carboxylic acids is 1. The molecular weight excluding hydrogens is 322 g/mol. The summed E-state index contributed by atoms with van der Waals surface area (Å²) in [6.07, 6.45) is 0. The first-order chi connectivity index (χ1) is 10.2. The molecular formula is C16H14ClNOS2. The van der Waals surface area contributed by atoms with Crippen molar-refractivity contribution < 1.29 is 4.79 Å². The van der Waals surface area contributed by atoms with Crippen LogP contribution in [0.4, 0.5) is 5.69 Å². The summed E-state index contributed by atoms with van der Waals surface area (Å²) >= 11 is 9.97. The van der Waals surface area contributed by atoms with Crippen molar-refractivity contribution in [3.63, 3.8) is 0 Å². The maximum Gasteiger partial charge on any atom is 0.255 e. The molecule has 108 valence electrons. The zero-order chi connectivity index (χ0) is 14.7. The molecule has 0 unspecified atom stereocenters. The molecule has 0 spiro atoms. The van der Waals surface area contributed by atoms with Gasteiger partial charge in [0.2, 0.25) is 0 Å². The van der Waals surface area contributed by atoms with Crippen molar-refractivity contribution in [2.75, 3.05) is 16.8 Å². The van der Waals surface area contributed by atoms with Crippen LogP contribution in [0.1, 0.15) is 20.5 Å². The summed E-state index contributed by atoms with van der Waals surface area (Å²) in [6, 6.07) is 15.1. The lowest BCUT2D eigenvalue weighted by molar-refractivity contribution is 0.102. The standard InChI is InChI=1S/C16H14ClNOS2/c17-13-3-1-2-4-14(13)18-15(19)11-5-7-12(8-6-11)16-20-9-10-21-16/h1-8,16H,9-10H2,(H,18,19). The fourth-order valence-electron chi connectivity index (χ4n) is 2.10. The molecule has 1 heterocycles. The zero-order valence-electron chi connectivity index (χ0n) is 11.2. The molecule has 0 atom stereocenters. The van der Waals surface area contributed by atoms with Crippen molar-refractivity contribution in [3.05, 3.63) is 64.7 Å². The molecule has 2 nitrogen and oxygen atoms in total. The van der Waals surface area contributed by atoms with E-state index in [9.17, 15) is 4.79 Å². The van der Waals surface area contributed by atoms with Crippen LogP contribution in [0.2, 0.25) is 5.02 Å². The van der Waals surface area contributed by atoms with Gasteiger partial charge < -0.3 is 5.32 Å². The number of nitrogens with one attached hydrogen (secondary N) is 1. The number of hydrogen-bond acceptors (Lipinski definition) is 3. The third kappa shape index (κ3) is 3.57. The highest BCUT2D eigenvalue weighted by atomic mass is 35.5. The van der Waals surface area contributed by atoms with Crippen LogP contribution in [0.25, 0.3) is 0 Å². The Morgan fingerprint density at radius 1 is 1.05 bits per heavy atom. The van der Waals surface area contributed by atoms with Crippen LogP contribution in [-0.2, 0) is 0 Å². The Morgan fingerprint density at radius 2 is 1.71 bits per heavy atom. The minimum Gasteiger partial charge on any atom is -0.321 e. The van der Waals surface area contributed by atoms with Gasteiger partial charge >= 0.3 is 0 Å². The van der Waals surface area contributed by atoms with Gasteiger partial charge in [0.05, 0.1) is 15.3 Å². The van der Waals surface area contributed by atoms with Crippen molar-refractivity contribution >= 4 is 46.7 Å². The highest BCUT2D eigenvalue weighted by Crippen LogP contribution is 2.45. The number of amides is 1. The monoisotopic (exact) mass is 335 g/mol. The average Bonchev–Trinajstić information content (AvgIpc) is 3.04. The maximum absolute atomic E-state index is 12.2. The SMILES string of the molecule is O=C(Nc1ccccc1Cl)c1ccc(C2SCCS2)cc1. The zero-order valence-corrected chi connectivity index (χ0v) is 13.6. The normalized spacial score (nSPS) is 15.1. The summed E-state index contributed by atoms with van der Waals surface area (Å²) in [4.78, 5) is 12.2. The van der Waals surface area contributed by atoms with Gasteiger partial charge in [-0.3, -0.25) is 4.79 Å². The van der Waals surface area contributed by atoms with Crippen molar-refractivity contribution in [2.45, 2.75) is 4.58 Å². The van der Waals surface area contributed by atoms with Crippen LogP contribution in [0, 0.1) is 0 Å². The third-order valence-electron chi connectivity index (χ3n) is 3.19. The topological polar surface area (TPSA) is 29.1 Å². The number of carbonyl (C=O) groups is 1. The predicted octanol–water partition coefficient (Wildman–Crippen LogP) is 5.07. The van der Waals surface area contributed by atoms with Crippen LogP contribution in [0.15, 0.2) is 48.5 Å². The number of halogens is 1. The fraction of sp³-hybridized carbons (Fsp3) is 0.188. The van der Waals surface area contributed by atoms with E-state index in [1.54, 1.807) is 12.1 Å². The van der Waals surface area contributed by atoms with Crippen LogP contribution in [0.3, 0.4) is 0 Å². The molecule has 1 aliphatic rings. The van der Waals surface area contributed by atoms with Crippen LogP contribution < -0.4 is 5.32 Å². The average molecular weight is 336 g/mol. The molecule has 0 bridgehead atoms. The van der Waals surface area contributed by atoms with E-state index in [1.807, 2.05) is 59.9 Å². The molecule has 1 N–H and O–H groups in total.